The van der Waals surface area contributed by atoms with Gasteiger partial charge in [-0.05, 0) is 37.1 Å². The van der Waals surface area contributed by atoms with E-state index in [1.54, 1.807) is 29.2 Å². The molecule has 2 aromatic carbocycles. The summed E-state index contributed by atoms with van der Waals surface area (Å²) in [6.07, 6.45) is 5.15. The third kappa shape index (κ3) is 4.38. The Balaban J connectivity index is 1.60. The van der Waals surface area contributed by atoms with E-state index in [0.29, 0.717) is 17.2 Å². The van der Waals surface area contributed by atoms with Crippen LogP contribution in [-0.2, 0) is 21.2 Å². The van der Waals surface area contributed by atoms with Crippen LogP contribution in [-0.4, -0.2) is 24.1 Å². The molecule has 10 heteroatoms. The van der Waals surface area contributed by atoms with Crippen LogP contribution in [0.3, 0.4) is 0 Å². The first-order valence-corrected chi connectivity index (χ1v) is 11.1. The summed E-state index contributed by atoms with van der Waals surface area (Å²) >= 11 is 5.96. The maximum Gasteiger partial charge on any atom is 0.238 e. The fourth-order valence-electron chi connectivity index (χ4n) is 3.16. The van der Waals surface area contributed by atoms with Crippen LogP contribution in [0.4, 0.5) is 10.1 Å². The highest BCUT2D eigenvalue weighted by atomic mass is 35.5. The molecule has 0 radical (unpaired) electrons. The maximum absolute atomic E-state index is 13.9. The largest absolute Gasteiger partial charge is 0.326 e. The Morgan fingerprint density at radius 2 is 2.07 bits per heavy atom. The molecule has 3 N–H and O–H groups in total. The SMILES string of the molecule is NS(=O)(=O)c1cc(NC(=O)Cc2c(F)cccc2Cl)ccc1-c1cnn(C2CC2)c1. The molecule has 30 heavy (non-hydrogen) atoms. The van der Waals surface area contributed by atoms with Crippen LogP contribution < -0.4 is 10.5 Å². The number of carbonyl (C=O) groups excluding carboxylic acids is 1. The van der Waals surface area contributed by atoms with E-state index in [1.807, 2.05) is 0 Å². The molecule has 1 aromatic heterocycles. The predicted molar refractivity (Wildman–Crippen MR) is 111 cm³/mol. The summed E-state index contributed by atoms with van der Waals surface area (Å²) in [5.74, 6) is -1.14. The Kier molecular flexibility index (Phi) is 5.35. The van der Waals surface area contributed by atoms with Crippen molar-refractivity contribution < 1.29 is 17.6 Å². The summed E-state index contributed by atoms with van der Waals surface area (Å²) in [6.45, 7) is 0. The molecular formula is C20H18ClFN4O3S. The van der Waals surface area contributed by atoms with Gasteiger partial charge in [0.05, 0.1) is 23.6 Å². The van der Waals surface area contributed by atoms with Gasteiger partial charge in [0.25, 0.3) is 0 Å². The van der Waals surface area contributed by atoms with Gasteiger partial charge < -0.3 is 5.32 Å². The van der Waals surface area contributed by atoms with E-state index >= 15 is 0 Å². The summed E-state index contributed by atoms with van der Waals surface area (Å²) in [7, 11) is -4.08. The number of aromatic nitrogens is 2. The van der Waals surface area contributed by atoms with Crippen molar-refractivity contribution in [2.45, 2.75) is 30.2 Å². The van der Waals surface area contributed by atoms with E-state index in [1.165, 1.54) is 24.3 Å². The zero-order valence-electron chi connectivity index (χ0n) is 15.7. The summed E-state index contributed by atoms with van der Waals surface area (Å²) < 4.78 is 40.0. The average molecular weight is 449 g/mol. The Morgan fingerprint density at radius 3 is 2.73 bits per heavy atom. The van der Waals surface area contributed by atoms with E-state index < -0.39 is 21.7 Å². The third-order valence-corrected chi connectivity index (χ3v) is 6.11. The second-order valence-electron chi connectivity index (χ2n) is 7.12. The highest BCUT2D eigenvalue weighted by Crippen LogP contribution is 2.36. The van der Waals surface area contributed by atoms with Gasteiger partial charge in [-0.15, -0.1) is 0 Å². The number of nitrogens with two attached hydrogens (primary N) is 1. The molecule has 156 valence electrons. The number of nitrogens with one attached hydrogen (secondary N) is 1. The second-order valence-corrected chi connectivity index (χ2v) is 9.06. The minimum atomic E-state index is -4.08. The summed E-state index contributed by atoms with van der Waals surface area (Å²) in [5.41, 5.74) is 1.28. The molecule has 0 aliphatic heterocycles. The topological polar surface area (TPSA) is 107 Å². The minimum absolute atomic E-state index is 0.0625. The first kappa shape index (κ1) is 20.5. The first-order chi connectivity index (χ1) is 14.2. The molecule has 1 aliphatic rings. The van der Waals surface area contributed by atoms with E-state index in [2.05, 4.69) is 10.4 Å². The molecule has 1 fully saturated rings. The fourth-order valence-corrected chi connectivity index (χ4v) is 4.17. The van der Waals surface area contributed by atoms with Crippen molar-refractivity contribution in [1.29, 1.82) is 0 Å². The highest BCUT2D eigenvalue weighted by molar-refractivity contribution is 7.89. The fraction of sp³-hybridized carbons (Fsp3) is 0.200. The molecule has 1 aliphatic carbocycles. The number of sulfonamides is 1. The van der Waals surface area contributed by atoms with Gasteiger partial charge in [0.2, 0.25) is 15.9 Å². The molecular weight excluding hydrogens is 431 g/mol. The standard InChI is InChI=1S/C20H18ClFN4O3S/c21-17-2-1-3-18(22)16(17)9-20(27)25-13-4-7-15(19(8-13)30(23,28)29)12-10-24-26(11-12)14-5-6-14/h1-4,7-8,10-11,14H,5-6,9H2,(H,25,27)(H2,23,28,29). The van der Waals surface area contributed by atoms with Crippen LogP contribution in [0, 0.1) is 5.82 Å². The first-order valence-electron chi connectivity index (χ1n) is 9.16. The molecule has 7 nitrogen and oxygen atoms in total. The van der Waals surface area contributed by atoms with Crippen LogP contribution >= 0.6 is 11.6 Å². The van der Waals surface area contributed by atoms with E-state index in [9.17, 15) is 17.6 Å². The van der Waals surface area contributed by atoms with Gasteiger partial charge in [-0.2, -0.15) is 5.10 Å². The Labute approximate surface area is 177 Å². The van der Waals surface area contributed by atoms with E-state index in [0.717, 1.165) is 12.8 Å². The van der Waals surface area contributed by atoms with Gasteiger partial charge in [0.1, 0.15) is 5.82 Å². The van der Waals surface area contributed by atoms with Crippen molar-refractivity contribution in [2.24, 2.45) is 5.14 Å². The van der Waals surface area contributed by atoms with Gasteiger partial charge in [-0.1, -0.05) is 23.7 Å². The molecule has 3 aromatic rings. The van der Waals surface area contributed by atoms with Gasteiger partial charge in [0.15, 0.2) is 0 Å². The third-order valence-electron chi connectivity index (χ3n) is 4.80. The van der Waals surface area contributed by atoms with Crippen LogP contribution in [0.5, 0.6) is 0 Å². The summed E-state index contributed by atoms with van der Waals surface area (Å²) in [6, 6.07) is 8.88. The van der Waals surface area contributed by atoms with E-state index in [4.69, 9.17) is 16.7 Å². The van der Waals surface area contributed by atoms with Crippen molar-refractivity contribution in [3.63, 3.8) is 0 Å². The van der Waals surface area contributed by atoms with Crippen LogP contribution in [0.2, 0.25) is 5.02 Å². The molecule has 1 heterocycles. The van der Waals surface area contributed by atoms with Gasteiger partial charge in [-0.25, -0.2) is 17.9 Å². The molecule has 0 saturated heterocycles. The lowest BCUT2D eigenvalue weighted by molar-refractivity contribution is -0.115. The minimum Gasteiger partial charge on any atom is -0.326 e. The monoisotopic (exact) mass is 448 g/mol. The molecule has 4 rings (SSSR count). The van der Waals surface area contributed by atoms with E-state index in [-0.39, 0.29) is 27.6 Å². The summed E-state index contributed by atoms with van der Waals surface area (Å²) in [4.78, 5) is 12.2. The van der Waals surface area contributed by atoms with Crippen molar-refractivity contribution in [2.75, 3.05) is 5.32 Å². The molecule has 0 bridgehead atoms. The lowest BCUT2D eigenvalue weighted by atomic mass is 10.1. The Morgan fingerprint density at radius 1 is 1.30 bits per heavy atom. The number of halogens is 2. The Bertz CT molecular complexity index is 1220. The van der Waals surface area contributed by atoms with Crippen LogP contribution in [0.1, 0.15) is 24.4 Å². The lowest BCUT2D eigenvalue weighted by Gasteiger charge is -2.11. The molecule has 1 amide bonds. The Hall–Kier alpha value is -2.75. The normalized spacial score (nSPS) is 14.0. The van der Waals surface area contributed by atoms with Crippen molar-refractivity contribution in [3.05, 3.63) is 65.2 Å². The zero-order valence-corrected chi connectivity index (χ0v) is 17.3. The number of benzene rings is 2. The van der Waals surface area contributed by atoms with Crippen molar-refractivity contribution in [3.8, 4) is 11.1 Å². The predicted octanol–water partition coefficient (Wildman–Crippen LogP) is 3.51. The van der Waals surface area contributed by atoms with Gasteiger partial charge >= 0.3 is 0 Å². The number of rotatable bonds is 6. The van der Waals surface area contributed by atoms with Gasteiger partial charge in [-0.3, -0.25) is 9.48 Å². The number of nitrogens with zero attached hydrogens (tertiary/aromatic N) is 2. The highest BCUT2D eigenvalue weighted by Gasteiger charge is 2.25. The number of hydrogen-bond donors (Lipinski definition) is 2. The van der Waals surface area contributed by atoms with Crippen molar-refractivity contribution in [1.82, 2.24) is 9.78 Å². The maximum atomic E-state index is 13.9. The van der Waals surface area contributed by atoms with Gasteiger partial charge in [0, 0.05) is 33.6 Å². The number of primary sulfonamides is 1. The molecule has 0 spiro atoms. The average Bonchev–Trinajstić information content (AvgIpc) is 3.41. The quantitative estimate of drug-likeness (QED) is 0.601. The number of anilines is 1. The number of carbonyl (C=O) groups is 1. The smallest absolute Gasteiger partial charge is 0.238 e. The summed E-state index contributed by atoms with van der Waals surface area (Å²) in [5, 5.41) is 12.4. The number of amides is 1. The van der Waals surface area contributed by atoms with Crippen LogP contribution in [0.15, 0.2) is 53.7 Å². The molecule has 1 saturated carbocycles. The molecule has 0 atom stereocenters. The zero-order chi connectivity index (χ0) is 21.5. The number of hydrogen-bond acceptors (Lipinski definition) is 4. The van der Waals surface area contributed by atoms with Crippen molar-refractivity contribution >= 4 is 33.2 Å². The molecule has 0 unspecified atom stereocenters. The van der Waals surface area contributed by atoms with Crippen LogP contribution in [0.25, 0.3) is 11.1 Å². The lowest BCUT2D eigenvalue weighted by Crippen LogP contribution is -2.17. The second kappa shape index (κ2) is 7.82.